The third-order valence-electron chi connectivity index (χ3n) is 1.56. The van der Waals surface area contributed by atoms with Crippen LogP contribution in [0.2, 0.25) is 0 Å². The van der Waals surface area contributed by atoms with Crippen LogP contribution in [0.1, 0.15) is 10.4 Å². The summed E-state index contributed by atoms with van der Waals surface area (Å²) in [5.74, 6) is -0.980. The first kappa shape index (κ1) is 9.47. The van der Waals surface area contributed by atoms with E-state index in [0.29, 0.717) is 11.2 Å². The molecule has 13 heavy (non-hydrogen) atoms. The van der Waals surface area contributed by atoms with E-state index in [1.807, 2.05) is 0 Å². The van der Waals surface area contributed by atoms with Gasteiger partial charge in [-0.3, -0.25) is 0 Å². The van der Waals surface area contributed by atoms with Gasteiger partial charge in [0, 0.05) is 6.20 Å². The van der Waals surface area contributed by atoms with Crippen molar-refractivity contribution in [2.45, 2.75) is 0 Å². The molecule has 0 aromatic carbocycles. The first-order valence-corrected chi connectivity index (χ1v) is 3.30. The number of nitrogens with one attached hydrogen (secondary N) is 1. The number of carboxylic acids is 1. The SMILES string of the molecule is Cl.O=C(O)c1ccnc2nc[nH]c12. The molecule has 0 atom stereocenters. The Bertz CT molecular complexity index is 440. The van der Waals surface area contributed by atoms with Gasteiger partial charge in [-0.15, -0.1) is 12.4 Å². The van der Waals surface area contributed by atoms with Crippen LogP contribution in [0, 0.1) is 0 Å². The third-order valence-corrected chi connectivity index (χ3v) is 1.56. The lowest BCUT2D eigenvalue weighted by Gasteiger charge is -1.93. The fourth-order valence-electron chi connectivity index (χ4n) is 1.03. The molecule has 0 spiro atoms. The van der Waals surface area contributed by atoms with Crippen molar-refractivity contribution >= 4 is 29.5 Å². The Labute approximate surface area is 79.2 Å². The second-order valence-electron chi connectivity index (χ2n) is 2.26. The number of hydrogen-bond donors (Lipinski definition) is 2. The highest BCUT2D eigenvalue weighted by molar-refractivity contribution is 5.99. The minimum atomic E-state index is -0.980. The van der Waals surface area contributed by atoms with Gasteiger partial charge in [0.05, 0.1) is 17.4 Å². The monoisotopic (exact) mass is 199 g/mol. The number of carboxylic acid groups (broad SMARTS) is 1. The van der Waals surface area contributed by atoms with Crippen molar-refractivity contribution in [1.82, 2.24) is 15.0 Å². The van der Waals surface area contributed by atoms with Gasteiger partial charge in [0.25, 0.3) is 0 Å². The van der Waals surface area contributed by atoms with Gasteiger partial charge in [0.2, 0.25) is 0 Å². The lowest BCUT2D eigenvalue weighted by Crippen LogP contribution is -1.97. The van der Waals surface area contributed by atoms with E-state index in [1.54, 1.807) is 0 Å². The number of fused-ring (bicyclic) bond motifs is 1. The Kier molecular flexibility index (Phi) is 2.48. The molecule has 0 amide bonds. The number of rotatable bonds is 1. The summed E-state index contributed by atoms with van der Waals surface area (Å²) in [4.78, 5) is 21.1. The molecular formula is C7H6ClN3O2. The summed E-state index contributed by atoms with van der Waals surface area (Å²) in [5.41, 5.74) is 1.08. The molecule has 68 valence electrons. The van der Waals surface area contributed by atoms with Gasteiger partial charge in [-0.05, 0) is 6.07 Å². The van der Waals surface area contributed by atoms with Crippen LogP contribution in [0.15, 0.2) is 18.6 Å². The number of imidazole rings is 1. The Hall–Kier alpha value is -1.62. The fraction of sp³-hybridized carbons (Fsp3) is 0. The van der Waals surface area contributed by atoms with E-state index in [9.17, 15) is 4.79 Å². The lowest BCUT2D eigenvalue weighted by atomic mass is 10.2. The van der Waals surface area contributed by atoms with Gasteiger partial charge in [-0.25, -0.2) is 14.8 Å². The molecule has 6 heteroatoms. The number of carbonyl (C=O) groups is 1. The molecule has 2 heterocycles. The van der Waals surface area contributed by atoms with Gasteiger partial charge >= 0.3 is 5.97 Å². The Morgan fingerprint density at radius 1 is 1.46 bits per heavy atom. The van der Waals surface area contributed by atoms with Crippen LogP contribution >= 0.6 is 12.4 Å². The molecular weight excluding hydrogens is 194 g/mol. The van der Waals surface area contributed by atoms with E-state index in [-0.39, 0.29) is 18.0 Å². The van der Waals surface area contributed by atoms with Crippen molar-refractivity contribution < 1.29 is 9.90 Å². The van der Waals surface area contributed by atoms with E-state index < -0.39 is 5.97 Å². The smallest absolute Gasteiger partial charge is 0.338 e. The van der Waals surface area contributed by atoms with Crippen molar-refractivity contribution in [2.75, 3.05) is 0 Å². The van der Waals surface area contributed by atoms with Gasteiger partial charge in [0.15, 0.2) is 5.65 Å². The number of halogens is 1. The zero-order valence-electron chi connectivity index (χ0n) is 6.39. The quantitative estimate of drug-likeness (QED) is 0.720. The van der Waals surface area contributed by atoms with Crippen LogP contribution in [0.4, 0.5) is 0 Å². The fourth-order valence-corrected chi connectivity index (χ4v) is 1.03. The summed E-state index contributed by atoms with van der Waals surface area (Å²) in [7, 11) is 0. The first-order chi connectivity index (χ1) is 5.79. The number of aromatic nitrogens is 3. The molecule has 0 fully saturated rings. The topological polar surface area (TPSA) is 78.9 Å². The van der Waals surface area contributed by atoms with Crippen molar-refractivity contribution in [1.29, 1.82) is 0 Å². The predicted molar refractivity (Wildman–Crippen MR) is 48.1 cm³/mol. The molecule has 0 unspecified atom stereocenters. The average Bonchev–Trinajstić information content (AvgIpc) is 2.49. The summed E-state index contributed by atoms with van der Waals surface area (Å²) in [6.07, 6.45) is 2.84. The molecule has 0 radical (unpaired) electrons. The molecule has 0 aliphatic heterocycles. The van der Waals surface area contributed by atoms with E-state index >= 15 is 0 Å². The molecule has 0 saturated heterocycles. The van der Waals surface area contributed by atoms with Crippen LogP contribution in [0.25, 0.3) is 11.2 Å². The molecule has 5 nitrogen and oxygen atoms in total. The lowest BCUT2D eigenvalue weighted by molar-refractivity contribution is 0.0699. The normalized spacial score (nSPS) is 9.54. The largest absolute Gasteiger partial charge is 0.478 e. The second-order valence-corrected chi connectivity index (χ2v) is 2.26. The van der Waals surface area contributed by atoms with Crippen molar-refractivity contribution in [3.63, 3.8) is 0 Å². The van der Waals surface area contributed by atoms with E-state index in [0.717, 1.165) is 0 Å². The molecule has 2 rings (SSSR count). The number of nitrogens with zero attached hydrogens (tertiary/aromatic N) is 2. The van der Waals surface area contributed by atoms with Gasteiger partial charge in [-0.2, -0.15) is 0 Å². The predicted octanol–water partition coefficient (Wildman–Crippen LogP) is 1.08. The molecule has 0 bridgehead atoms. The first-order valence-electron chi connectivity index (χ1n) is 3.30. The maximum Gasteiger partial charge on any atom is 0.338 e. The zero-order valence-corrected chi connectivity index (χ0v) is 7.21. The maximum absolute atomic E-state index is 10.6. The second kappa shape index (κ2) is 3.40. The number of pyridine rings is 1. The summed E-state index contributed by atoms with van der Waals surface area (Å²) in [6, 6.07) is 1.43. The molecule has 0 saturated carbocycles. The molecule has 2 N–H and O–H groups in total. The number of hydrogen-bond acceptors (Lipinski definition) is 3. The van der Waals surface area contributed by atoms with Gasteiger partial charge in [0.1, 0.15) is 0 Å². The Balaban J connectivity index is 0.000000845. The van der Waals surface area contributed by atoms with Crippen molar-refractivity contribution in [3.8, 4) is 0 Å². The van der Waals surface area contributed by atoms with Gasteiger partial charge < -0.3 is 10.1 Å². The average molecular weight is 200 g/mol. The highest BCUT2D eigenvalue weighted by atomic mass is 35.5. The van der Waals surface area contributed by atoms with Crippen LogP contribution in [-0.4, -0.2) is 26.0 Å². The zero-order chi connectivity index (χ0) is 8.55. The minimum absolute atomic E-state index is 0. The molecule has 2 aromatic heterocycles. The number of aromatic amines is 1. The van der Waals surface area contributed by atoms with E-state index in [1.165, 1.54) is 18.6 Å². The third kappa shape index (κ3) is 1.46. The highest BCUT2D eigenvalue weighted by Gasteiger charge is 2.09. The highest BCUT2D eigenvalue weighted by Crippen LogP contribution is 2.10. The van der Waals surface area contributed by atoms with Crippen LogP contribution in [-0.2, 0) is 0 Å². The summed E-state index contributed by atoms with van der Waals surface area (Å²) in [6.45, 7) is 0. The Morgan fingerprint density at radius 2 is 2.23 bits per heavy atom. The van der Waals surface area contributed by atoms with Crippen LogP contribution < -0.4 is 0 Å². The molecule has 0 aliphatic rings. The minimum Gasteiger partial charge on any atom is -0.478 e. The summed E-state index contributed by atoms with van der Waals surface area (Å²) in [5, 5.41) is 8.73. The van der Waals surface area contributed by atoms with Crippen LogP contribution in [0.3, 0.4) is 0 Å². The van der Waals surface area contributed by atoms with Crippen molar-refractivity contribution in [2.24, 2.45) is 0 Å². The molecule has 0 aliphatic carbocycles. The standard InChI is InChI=1S/C7H5N3O2.ClH/c11-7(12)4-1-2-8-6-5(4)9-3-10-6;/h1-3H,(H,11,12)(H,8,9,10);1H. The number of H-pyrrole nitrogens is 1. The Morgan fingerprint density at radius 3 is 2.92 bits per heavy atom. The van der Waals surface area contributed by atoms with E-state index in [2.05, 4.69) is 15.0 Å². The number of aromatic carboxylic acids is 1. The summed E-state index contributed by atoms with van der Waals surface area (Å²) < 4.78 is 0. The van der Waals surface area contributed by atoms with Crippen molar-refractivity contribution in [3.05, 3.63) is 24.2 Å². The van der Waals surface area contributed by atoms with Crippen LogP contribution in [0.5, 0.6) is 0 Å². The van der Waals surface area contributed by atoms with Gasteiger partial charge in [-0.1, -0.05) is 0 Å². The maximum atomic E-state index is 10.6. The van der Waals surface area contributed by atoms with E-state index in [4.69, 9.17) is 5.11 Å². The summed E-state index contributed by atoms with van der Waals surface area (Å²) >= 11 is 0. The molecule has 2 aromatic rings.